The summed E-state index contributed by atoms with van der Waals surface area (Å²) in [5.74, 6) is -2.64. The molecule has 0 radical (unpaired) electrons. The summed E-state index contributed by atoms with van der Waals surface area (Å²) < 4.78 is 3.44. The number of fused-ring (bicyclic) bond motifs is 4. The molecule has 1 saturated carbocycles. The molecule has 12 heteroatoms. The van der Waals surface area contributed by atoms with E-state index in [0.29, 0.717) is 16.7 Å². The molecule has 1 N–H and O–H groups in total. The lowest BCUT2D eigenvalue weighted by molar-refractivity contribution is -0.128. The molecule has 0 bridgehead atoms. The molecule has 1 aromatic heterocycles. The molecular formula is C22H17Cl4N3O5. The summed E-state index contributed by atoms with van der Waals surface area (Å²) in [5, 5.41) is 9.03. The first-order valence-electron chi connectivity index (χ1n) is 10.3. The van der Waals surface area contributed by atoms with Crippen LogP contribution in [0.15, 0.2) is 49.5 Å². The minimum Gasteiger partial charge on any atom is -0.508 e. The maximum absolute atomic E-state index is 13.6. The fraction of sp³-hybridized carbons (Fsp3) is 0.364. The zero-order valence-electron chi connectivity index (χ0n) is 17.8. The number of hydrogen-bond acceptors (Lipinski definition) is 5. The molecule has 1 aliphatic heterocycles. The van der Waals surface area contributed by atoms with Crippen LogP contribution < -0.4 is 11.4 Å². The molecule has 1 aromatic carbocycles. The number of alkyl halides is 2. The third kappa shape index (κ3) is 2.68. The largest absolute Gasteiger partial charge is 0.508 e. The van der Waals surface area contributed by atoms with Crippen LogP contribution in [-0.4, -0.2) is 40.4 Å². The normalized spacial score (nSPS) is 30.6. The van der Waals surface area contributed by atoms with Crippen LogP contribution in [0.3, 0.4) is 0 Å². The van der Waals surface area contributed by atoms with Crippen LogP contribution in [-0.2, 0) is 23.2 Å². The Bertz CT molecular complexity index is 1500. The highest BCUT2D eigenvalue weighted by Crippen LogP contribution is 2.63. The third-order valence-corrected chi connectivity index (χ3v) is 9.30. The van der Waals surface area contributed by atoms with Crippen LogP contribution in [0.1, 0.15) is 29.5 Å². The van der Waals surface area contributed by atoms with Crippen LogP contribution in [0.2, 0.25) is 0 Å². The second-order valence-corrected chi connectivity index (χ2v) is 10.8. The van der Waals surface area contributed by atoms with Crippen molar-refractivity contribution in [3.63, 3.8) is 0 Å². The smallest absolute Gasteiger partial charge is 0.347 e. The molecule has 0 unspecified atom stereocenters. The monoisotopic (exact) mass is 543 g/mol. The van der Waals surface area contributed by atoms with E-state index in [1.165, 1.54) is 22.5 Å². The number of halogens is 4. The summed E-state index contributed by atoms with van der Waals surface area (Å²) in [6.07, 6.45) is 1.44. The lowest BCUT2D eigenvalue weighted by atomic mass is 9.59. The molecule has 5 rings (SSSR count). The van der Waals surface area contributed by atoms with Gasteiger partial charge in [0.1, 0.15) is 25.6 Å². The van der Waals surface area contributed by atoms with Crippen LogP contribution in [0, 0.1) is 6.92 Å². The van der Waals surface area contributed by atoms with Gasteiger partial charge in [0.05, 0.1) is 12.6 Å². The van der Waals surface area contributed by atoms with E-state index in [-0.39, 0.29) is 18.7 Å². The molecule has 178 valence electrons. The fourth-order valence-electron chi connectivity index (χ4n) is 5.31. The number of aryl methyl sites for hydroxylation is 1. The number of hydrogen-bond donors (Lipinski definition) is 1. The molecule has 0 saturated heterocycles. The van der Waals surface area contributed by atoms with Gasteiger partial charge in [0.25, 0.3) is 0 Å². The number of ketones is 2. The first-order chi connectivity index (χ1) is 15.9. The van der Waals surface area contributed by atoms with Gasteiger partial charge in [0.15, 0.2) is 11.6 Å². The maximum Gasteiger partial charge on any atom is 0.347 e. The van der Waals surface area contributed by atoms with E-state index in [9.17, 15) is 24.3 Å². The van der Waals surface area contributed by atoms with Crippen LogP contribution >= 0.6 is 46.4 Å². The van der Waals surface area contributed by atoms with Gasteiger partial charge >= 0.3 is 11.4 Å². The first kappa shape index (κ1) is 23.5. The SMILES string of the molecule is Cc1cc([C@H]2C3=CCn4c(=O)n(C)c(=O)n4[C@@H]3C[C@@]3(Cl)C(=O)C(Cl)=C(Cl)C(=O)[C@@]23Cl)ccc1O. The van der Waals surface area contributed by atoms with E-state index in [1.54, 1.807) is 25.1 Å². The van der Waals surface area contributed by atoms with E-state index in [2.05, 4.69) is 0 Å². The van der Waals surface area contributed by atoms with Gasteiger partial charge in [-0.15, -0.1) is 23.2 Å². The molecule has 8 nitrogen and oxygen atoms in total. The van der Waals surface area contributed by atoms with Gasteiger partial charge in [-0.25, -0.2) is 23.5 Å². The lowest BCUT2D eigenvalue weighted by Crippen LogP contribution is -2.67. The quantitative estimate of drug-likeness (QED) is 0.439. The van der Waals surface area contributed by atoms with Gasteiger partial charge in [0.2, 0.25) is 0 Å². The predicted molar refractivity (Wildman–Crippen MR) is 127 cm³/mol. The number of allylic oxidation sites excluding steroid dienone is 4. The number of phenolic OH excluding ortho intramolecular Hbond substituents is 1. The molecule has 1 fully saturated rings. The third-order valence-electron chi connectivity index (χ3n) is 7.05. The van der Waals surface area contributed by atoms with E-state index < -0.39 is 54.7 Å². The van der Waals surface area contributed by atoms with Crippen LogP contribution in [0.4, 0.5) is 0 Å². The van der Waals surface area contributed by atoms with E-state index in [1.807, 2.05) is 0 Å². The van der Waals surface area contributed by atoms with Gasteiger partial charge in [-0.2, -0.15) is 0 Å². The Morgan fingerprint density at radius 3 is 2.32 bits per heavy atom. The Kier molecular flexibility index (Phi) is 5.09. The second-order valence-electron chi connectivity index (χ2n) is 8.75. The zero-order chi connectivity index (χ0) is 24.9. The van der Waals surface area contributed by atoms with Gasteiger partial charge in [-0.3, -0.25) is 9.59 Å². The summed E-state index contributed by atoms with van der Waals surface area (Å²) in [6.45, 7) is 1.71. The molecule has 0 spiro atoms. The maximum atomic E-state index is 13.6. The highest BCUT2D eigenvalue weighted by atomic mass is 35.5. The topological polar surface area (TPSA) is 103 Å². The van der Waals surface area contributed by atoms with E-state index in [0.717, 1.165) is 4.57 Å². The number of aromatic hydroxyl groups is 1. The van der Waals surface area contributed by atoms with Crippen molar-refractivity contribution in [3.8, 4) is 5.75 Å². The van der Waals surface area contributed by atoms with Crippen molar-refractivity contribution in [3.05, 3.63) is 72.0 Å². The number of aromatic nitrogens is 3. The average molecular weight is 545 g/mol. The average Bonchev–Trinajstić information content (AvgIpc) is 3.03. The number of carbonyl (C=O) groups is 2. The molecule has 2 heterocycles. The number of rotatable bonds is 1. The number of nitrogens with zero attached hydrogens (tertiary/aromatic N) is 3. The van der Waals surface area contributed by atoms with Gasteiger partial charge < -0.3 is 5.11 Å². The standard InChI is InChI=1S/C22H17Cl4N3O5/c1-9-7-10(3-4-13(9)30)14-11-5-6-28-19(33)27(2)20(34)29(28)12(11)8-21(25)17(31)15(23)16(24)18(32)22(14,21)26/h3-5,7,12,14,30H,6,8H2,1-2H3/t12-,14+,21-,22+/m1/s1. The van der Waals surface area contributed by atoms with Crippen LogP contribution in [0.5, 0.6) is 5.75 Å². The van der Waals surface area contributed by atoms with Gasteiger partial charge in [-0.05, 0) is 29.7 Å². The highest BCUT2D eigenvalue weighted by molar-refractivity contribution is 6.66. The van der Waals surface area contributed by atoms with Gasteiger partial charge in [0, 0.05) is 19.4 Å². The Morgan fingerprint density at radius 1 is 1.03 bits per heavy atom. The van der Waals surface area contributed by atoms with Crippen molar-refractivity contribution in [2.75, 3.05) is 0 Å². The van der Waals surface area contributed by atoms with Crippen molar-refractivity contribution >= 4 is 58.0 Å². The molecular weight excluding hydrogens is 528 g/mol. The number of Topliss-reactive ketones (excluding diaryl/α,β-unsaturated/α-hetero) is 2. The summed E-state index contributed by atoms with van der Waals surface area (Å²) in [4.78, 5) is 48.4. The van der Waals surface area contributed by atoms with Crippen molar-refractivity contribution in [2.24, 2.45) is 7.05 Å². The summed E-state index contributed by atoms with van der Waals surface area (Å²) in [6, 6.07) is 3.78. The molecule has 2 aromatic rings. The second kappa shape index (κ2) is 7.37. The van der Waals surface area contributed by atoms with Crippen molar-refractivity contribution in [2.45, 2.75) is 41.6 Å². The lowest BCUT2D eigenvalue weighted by Gasteiger charge is -2.54. The number of phenols is 1. The van der Waals surface area contributed by atoms with Crippen LogP contribution in [0.25, 0.3) is 0 Å². The Morgan fingerprint density at radius 2 is 1.68 bits per heavy atom. The Labute approximate surface area is 212 Å². The summed E-state index contributed by atoms with van der Waals surface area (Å²) in [5.41, 5.74) is 0.385. The molecule has 34 heavy (non-hydrogen) atoms. The predicted octanol–water partition coefficient (Wildman–Crippen LogP) is 2.83. The summed E-state index contributed by atoms with van der Waals surface area (Å²) in [7, 11) is 1.35. The molecule has 0 amide bonds. The molecule has 2 aliphatic carbocycles. The Balaban J connectivity index is 1.86. The van der Waals surface area contributed by atoms with E-state index in [4.69, 9.17) is 46.4 Å². The highest BCUT2D eigenvalue weighted by Gasteiger charge is 2.71. The van der Waals surface area contributed by atoms with Gasteiger partial charge in [-0.1, -0.05) is 41.4 Å². The van der Waals surface area contributed by atoms with Crippen molar-refractivity contribution in [1.82, 2.24) is 13.9 Å². The Hall–Kier alpha value is -2.26. The first-order valence-corrected chi connectivity index (χ1v) is 11.8. The zero-order valence-corrected chi connectivity index (χ0v) is 20.8. The molecule has 3 aliphatic rings. The van der Waals surface area contributed by atoms with Crippen molar-refractivity contribution in [1.29, 1.82) is 0 Å². The number of carbonyl (C=O) groups excluding carboxylic acids is 2. The molecule has 4 atom stereocenters. The van der Waals surface area contributed by atoms with Crippen molar-refractivity contribution < 1.29 is 14.7 Å². The van der Waals surface area contributed by atoms with E-state index >= 15 is 0 Å². The minimum atomic E-state index is -2.08. The minimum absolute atomic E-state index is 0.0228. The fourth-order valence-corrected chi connectivity index (χ4v) is 6.83. The summed E-state index contributed by atoms with van der Waals surface area (Å²) >= 11 is 26.3. The number of benzene rings is 1.